The normalized spacial score (nSPS) is 18.5. The number of amides is 3. The van der Waals surface area contributed by atoms with Crippen LogP contribution >= 0.6 is 0 Å². The van der Waals surface area contributed by atoms with Crippen molar-refractivity contribution in [3.05, 3.63) is 29.6 Å². The zero-order chi connectivity index (χ0) is 22.4. The minimum Gasteiger partial charge on any atom is -0.487 e. The topological polar surface area (TPSA) is 102 Å². The second-order valence-electron chi connectivity index (χ2n) is 8.17. The number of rotatable bonds is 11. The molecular formula is C21H29FN2O6S. The maximum Gasteiger partial charge on any atom is 0.326 e. The molecule has 2 aliphatic rings. The lowest BCUT2D eigenvalue weighted by atomic mass is 10.0. The average Bonchev–Trinajstić information content (AvgIpc) is 3.32. The summed E-state index contributed by atoms with van der Waals surface area (Å²) in [6.07, 6.45) is 4.27. The van der Waals surface area contributed by atoms with Crippen LogP contribution in [0.25, 0.3) is 0 Å². The van der Waals surface area contributed by atoms with Crippen molar-refractivity contribution in [1.29, 1.82) is 0 Å². The van der Waals surface area contributed by atoms with E-state index in [4.69, 9.17) is 9.47 Å². The van der Waals surface area contributed by atoms with Crippen LogP contribution in [0.15, 0.2) is 18.2 Å². The third-order valence-electron chi connectivity index (χ3n) is 5.48. The second kappa shape index (κ2) is 10.4. The zero-order valence-corrected chi connectivity index (χ0v) is 18.5. The molecule has 1 saturated carbocycles. The summed E-state index contributed by atoms with van der Waals surface area (Å²) in [6.45, 7) is 1.83. The maximum atomic E-state index is 14.1. The van der Waals surface area contributed by atoms with Crippen LogP contribution in [-0.4, -0.2) is 62.7 Å². The molecule has 8 nitrogen and oxygen atoms in total. The number of carbonyl (C=O) groups is 2. The van der Waals surface area contributed by atoms with Crippen molar-refractivity contribution in [2.75, 3.05) is 31.4 Å². The molecule has 172 valence electrons. The van der Waals surface area contributed by atoms with Gasteiger partial charge >= 0.3 is 6.03 Å². The number of nitrogens with zero attached hydrogens (tertiary/aromatic N) is 1. The van der Waals surface area contributed by atoms with Gasteiger partial charge in [-0.15, -0.1) is 0 Å². The van der Waals surface area contributed by atoms with E-state index in [0.717, 1.165) is 31.2 Å². The largest absolute Gasteiger partial charge is 0.487 e. The summed E-state index contributed by atoms with van der Waals surface area (Å²) >= 11 is 0. The molecule has 0 spiro atoms. The fourth-order valence-electron chi connectivity index (χ4n) is 3.81. The van der Waals surface area contributed by atoms with Crippen molar-refractivity contribution < 1.29 is 31.9 Å². The van der Waals surface area contributed by atoms with Crippen molar-refractivity contribution in [3.8, 4) is 5.75 Å². The van der Waals surface area contributed by atoms with E-state index in [-0.39, 0.29) is 61.5 Å². The molecule has 3 amide bonds. The van der Waals surface area contributed by atoms with Crippen molar-refractivity contribution in [2.45, 2.75) is 51.0 Å². The van der Waals surface area contributed by atoms with Gasteiger partial charge in [0.1, 0.15) is 13.3 Å². The Morgan fingerprint density at radius 2 is 2.00 bits per heavy atom. The molecular weight excluding hydrogens is 427 g/mol. The van der Waals surface area contributed by atoms with Crippen LogP contribution < -0.4 is 10.1 Å². The minimum atomic E-state index is -3.35. The van der Waals surface area contributed by atoms with E-state index in [1.807, 2.05) is 0 Å². The highest BCUT2D eigenvalue weighted by Crippen LogP contribution is 2.29. The molecule has 0 aromatic heterocycles. The number of urea groups is 1. The summed E-state index contributed by atoms with van der Waals surface area (Å²) in [5, 5.41) is 2.14. The molecule has 1 heterocycles. The molecule has 0 unspecified atom stereocenters. The molecule has 1 aliphatic heterocycles. The second-order valence-corrected chi connectivity index (χ2v) is 10.4. The molecule has 0 bridgehead atoms. The van der Waals surface area contributed by atoms with Crippen LogP contribution in [-0.2, 0) is 19.4 Å². The molecule has 1 N–H and O–H groups in total. The number of nitrogens with one attached hydrogen (secondary N) is 1. The standard InChI is InChI=1S/C21H29FN2O6S/c1-15(16-7-8-18(22)19(11-16)30-17-5-2-3-6-17)13-31(27,28)10-4-9-29-14-24-12-20(25)23-21(24)26/h7-8,11,15,17H,2-6,9-10,12-14H2,1H3,(H,23,25,26)/t15-/m0/s1. The van der Waals surface area contributed by atoms with E-state index in [2.05, 4.69) is 5.32 Å². The lowest BCUT2D eigenvalue weighted by Crippen LogP contribution is -2.30. The Labute approximate surface area is 182 Å². The third kappa shape index (κ3) is 6.90. The number of hydrogen-bond donors (Lipinski definition) is 1. The highest BCUT2D eigenvalue weighted by atomic mass is 32.2. The third-order valence-corrected chi connectivity index (χ3v) is 7.40. The lowest BCUT2D eigenvalue weighted by Gasteiger charge is -2.17. The average molecular weight is 457 g/mol. The Kier molecular flexibility index (Phi) is 7.88. The molecule has 31 heavy (non-hydrogen) atoms. The van der Waals surface area contributed by atoms with Gasteiger partial charge in [0.25, 0.3) is 0 Å². The molecule has 0 radical (unpaired) electrons. The number of halogens is 1. The van der Waals surface area contributed by atoms with Crippen molar-refractivity contribution in [1.82, 2.24) is 10.2 Å². The monoisotopic (exact) mass is 456 g/mol. The number of benzene rings is 1. The Balaban J connectivity index is 1.44. The zero-order valence-electron chi connectivity index (χ0n) is 17.6. The van der Waals surface area contributed by atoms with Crippen LogP contribution in [0.1, 0.15) is 50.5 Å². The van der Waals surface area contributed by atoms with Crippen molar-refractivity contribution in [3.63, 3.8) is 0 Å². The summed E-state index contributed by atoms with van der Waals surface area (Å²) in [6, 6.07) is 4.03. The number of sulfone groups is 1. The molecule has 10 heteroatoms. The Bertz CT molecular complexity index is 901. The van der Waals surface area contributed by atoms with E-state index in [0.29, 0.717) is 0 Å². The van der Waals surface area contributed by atoms with Gasteiger partial charge in [-0.25, -0.2) is 17.6 Å². The minimum absolute atomic E-state index is 0.0218. The number of ether oxygens (including phenoxy) is 2. The van der Waals surface area contributed by atoms with E-state index in [1.54, 1.807) is 19.1 Å². The summed E-state index contributed by atoms with van der Waals surface area (Å²) in [7, 11) is -3.35. The van der Waals surface area contributed by atoms with Crippen LogP contribution in [0.5, 0.6) is 5.75 Å². The summed E-state index contributed by atoms with van der Waals surface area (Å²) in [4.78, 5) is 23.7. The van der Waals surface area contributed by atoms with Gasteiger partial charge in [0.15, 0.2) is 21.4 Å². The van der Waals surface area contributed by atoms with E-state index in [1.165, 1.54) is 11.0 Å². The van der Waals surface area contributed by atoms with Gasteiger partial charge in [-0.3, -0.25) is 15.0 Å². The fourth-order valence-corrected chi connectivity index (χ4v) is 5.48. The Morgan fingerprint density at radius 3 is 2.68 bits per heavy atom. The summed E-state index contributed by atoms with van der Waals surface area (Å²) in [5.41, 5.74) is 0.721. The van der Waals surface area contributed by atoms with Gasteiger partial charge in [-0.2, -0.15) is 0 Å². The molecule has 3 rings (SSSR count). The predicted octanol–water partition coefficient (Wildman–Crippen LogP) is 2.58. The van der Waals surface area contributed by atoms with Crippen LogP contribution in [0.4, 0.5) is 9.18 Å². The first kappa shape index (κ1) is 23.5. The molecule has 1 saturated heterocycles. The first-order chi connectivity index (χ1) is 14.7. The Hall–Kier alpha value is -2.20. The molecule has 1 aromatic carbocycles. The highest BCUT2D eigenvalue weighted by molar-refractivity contribution is 7.91. The lowest BCUT2D eigenvalue weighted by molar-refractivity contribution is -0.118. The quantitative estimate of drug-likeness (QED) is 0.406. The number of hydrogen-bond acceptors (Lipinski definition) is 6. The number of imide groups is 1. The summed E-state index contributed by atoms with van der Waals surface area (Å²) in [5.74, 6) is -1.07. The molecule has 1 atom stereocenters. The van der Waals surface area contributed by atoms with Gasteiger partial charge in [0.2, 0.25) is 5.91 Å². The van der Waals surface area contributed by atoms with E-state index >= 15 is 0 Å². The molecule has 2 fully saturated rings. The molecule has 1 aliphatic carbocycles. The SMILES string of the molecule is C[C@@H](CS(=O)(=O)CCCOCN1CC(=O)NC1=O)c1ccc(F)c(OC2CCCC2)c1. The highest BCUT2D eigenvalue weighted by Gasteiger charge is 2.26. The first-order valence-electron chi connectivity index (χ1n) is 10.6. The van der Waals surface area contributed by atoms with Crippen molar-refractivity contribution in [2.24, 2.45) is 0 Å². The molecule has 1 aromatic rings. The van der Waals surface area contributed by atoms with Crippen LogP contribution in [0, 0.1) is 5.82 Å². The smallest absolute Gasteiger partial charge is 0.326 e. The predicted molar refractivity (Wildman–Crippen MR) is 112 cm³/mol. The van der Waals surface area contributed by atoms with Gasteiger partial charge in [0, 0.05) is 6.61 Å². The van der Waals surface area contributed by atoms with E-state index < -0.39 is 21.7 Å². The number of carbonyl (C=O) groups excluding carboxylic acids is 2. The van der Waals surface area contributed by atoms with Gasteiger partial charge in [0.05, 0.1) is 17.6 Å². The van der Waals surface area contributed by atoms with Gasteiger partial charge < -0.3 is 9.47 Å². The van der Waals surface area contributed by atoms with Crippen molar-refractivity contribution >= 4 is 21.8 Å². The van der Waals surface area contributed by atoms with E-state index in [9.17, 15) is 22.4 Å². The first-order valence-corrected chi connectivity index (χ1v) is 12.4. The van der Waals surface area contributed by atoms with Gasteiger partial charge in [-0.1, -0.05) is 13.0 Å². The summed E-state index contributed by atoms with van der Waals surface area (Å²) < 4.78 is 50.2. The van der Waals surface area contributed by atoms with Crippen LogP contribution in [0.2, 0.25) is 0 Å². The van der Waals surface area contributed by atoms with Crippen LogP contribution in [0.3, 0.4) is 0 Å². The maximum absolute atomic E-state index is 14.1. The Morgan fingerprint density at radius 1 is 1.26 bits per heavy atom. The van der Waals surface area contributed by atoms with Gasteiger partial charge in [-0.05, 0) is 55.7 Å². The fraction of sp³-hybridized carbons (Fsp3) is 0.619.